The summed E-state index contributed by atoms with van der Waals surface area (Å²) in [5.74, 6) is 0.525. The second-order valence-electron chi connectivity index (χ2n) is 5.64. The second-order valence-corrected chi connectivity index (χ2v) is 5.64. The first kappa shape index (κ1) is 18.6. The fourth-order valence-electron chi connectivity index (χ4n) is 2.46. The molecular formula is C14H21ClN2O5. The smallest absolute Gasteiger partial charge is 0.270 e. The largest absolute Gasteiger partial charge is 0.485 e. The molecule has 0 aromatic heterocycles. The lowest BCUT2D eigenvalue weighted by Crippen LogP contribution is -2.52. The normalized spacial score (nSPS) is 22.2. The molecule has 0 bridgehead atoms. The van der Waals surface area contributed by atoms with Gasteiger partial charge in [-0.2, -0.15) is 0 Å². The highest BCUT2D eigenvalue weighted by molar-refractivity contribution is 5.85. The molecule has 0 saturated heterocycles. The van der Waals surface area contributed by atoms with E-state index >= 15 is 0 Å². The van der Waals surface area contributed by atoms with Crippen molar-refractivity contribution in [2.75, 3.05) is 13.2 Å². The van der Waals surface area contributed by atoms with Crippen molar-refractivity contribution in [3.63, 3.8) is 0 Å². The van der Waals surface area contributed by atoms with Crippen molar-refractivity contribution < 1.29 is 19.9 Å². The molecule has 0 amide bonds. The number of rotatable bonds is 5. The van der Waals surface area contributed by atoms with Crippen LogP contribution in [0.4, 0.5) is 5.69 Å². The summed E-state index contributed by atoms with van der Waals surface area (Å²) in [5.41, 5.74) is -0.285. The fourth-order valence-corrected chi connectivity index (χ4v) is 2.46. The predicted octanol–water partition coefficient (Wildman–Crippen LogP) is 1.56. The fraction of sp³-hybridized carbons (Fsp3) is 0.571. The van der Waals surface area contributed by atoms with Gasteiger partial charge in [-0.05, 0) is 32.9 Å². The Hall–Kier alpha value is -1.41. The molecule has 0 aliphatic carbocycles. The van der Waals surface area contributed by atoms with Gasteiger partial charge in [0.2, 0.25) is 0 Å². The zero-order valence-corrected chi connectivity index (χ0v) is 13.3. The number of hydrogen-bond donors (Lipinski definition) is 3. The number of aliphatic hydroxyl groups is 2. The molecule has 1 aliphatic heterocycles. The molecular weight excluding hydrogens is 312 g/mol. The molecule has 8 heteroatoms. The van der Waals surface area contributed by atoms with E-state index in [4.69, 9.17) is 9.84 Å². The van der Waals surface area contributed by atoms with Gasteiger partial charge in [0.15, 0.2) is 0 Å². The van der Waals surface area contributed by atoms with Gasteiger partial charge in [0, 0.05) is 24.3 Å². The highest BCUT2D eigenvalue weighted by atomic mass is 35.5. The number of benzene rings is 1. The zero-order valence-electron chi connectivity index (χ0n) is 12.5. The van der Waals surface area contributed by atoms with Gasteiger partial charge in [0.1, 0.15) is 17.5 Å². The number of nitrogens with zero attached hydrogens (tertiary/aromatic N) is 1. The maximum atomic E-state index is 10.9. The molecule has 1 aromatic rings. The molecule has 2 rings (SSSR count). The van der Waals surface area contributed by atoms with Gasteiger partial charge in [-0.15, -0.1) is 12.4 Å². The minimum atomic E-state index is -0.856. The lowest BCUT2D eigenvalue weighted by Gasteiger charge is -2.42. The van der Waals surface area contributed by atoms with Gasteiger partial charge in [-0.1, -0.05) is 0 Å². The van der Waals surface area contributed by atoms with Gasteiger partial charge >= 0.3 is 0 Å². The number of non-ortho nitro benzene ring substituents is 1. The molecule has 0 radical (unpaired) electrons. The summed E-state index contributed by atoms with van der Waals surface area (Å²) in [6.45, 7) is 4.07. The summed E-state index contributed by atoms with van der Waals surface area (Å²) in [6, 6.07) is 3.89. The van der Waals surface area contributed by atoms with E-state index < -0.39 is 22.7 Å². The Balaban J connectivity index is 0.00000242. The van der Waals surface area contributed by atoms with Gasteiger partial charge in [0.25, 0.3) is 5.69 Å². The molecule has 3 N–H and O–H groups in total. The Morgan fingerprint density at radius 3 is 2.73 bits per heavy atom. The molecule has 1 aromatic carbocycles. The molecule has 1 aliphatic rings. The summed E-state index contributed by atoms with van der Waals surface area (Å²) in [4.78, 5) is 10.4. The third-order valence-corrected chi connectivity index (χ3v) is 3.64. The van der Waals surface area contributed by atoms with Crippen LogP contribution >= 0.6 is 12.4 Å². The van der Waals surface area contributed by atoms with Crippen molar-refractivity contribution in [3.05, 3.63) is 33.9 Å². The number of nitrogens with one attached hydrogen (secondary N) is 1. The molecule has 124 valence electrons. The van der Waals surface area contributed by atoms with Gasteiger partial charge in [-0.25, -0.2) is 0 Å². The van der Waals surface area contributed by atoms with Gasteiger partial charge < -0.3 is 20.3 Å². The van der Waals surface area contributed by atoms with E-state index in [1.807, 2.05) is 0 Å². The molecule has 0 fully saturated rings. The molecule has 2 atom stereocenters. The van der Waals surface area contributed by atoms with Crippen molar-refractivity contribution in [1.29, 1.82) is 0 Å². The molecule has 1 heterocycles. The van der Waals surface area contributed by atoms with E-state index in [0.29, 0.717) is 24.3 Å². The highest BCUT2D eigenvalue weighted by Gasteiger charge is 2.43. The Labute approximate surface area is 134 Å². The van der Waals surface area contributed by atoms with Crippen molar-refractivity contribution in [1.82, 2.24) is 5.32 Å². The summed E-state index contributed by atoms with van der Waals surface area (Å²) in [7, 11) is 0. The Morgan fingerprint density at radius 1 is 1.45 bits per heavy atom. The summed E-state index contributed by atoms with van der Waals surface area (Å²) < 4.78 is 5.74. The van der Waals surface area contributed by atoms with Crippen molar-refractivity contribution in [3.8, 4) is 5.75 Å². The average molecular weight is 333 g/mol. The highest BCUT2D eigenvalue weighted by Crippen LogP contribution is 2.41. The van der Waals surface area contributed by atoms with E-state index in [-0.39, 0.29) is 24.7 Å². The molecule has 0 saturated carbocycles. The standard InChI is InChI=1S/C14H20N2O5.ClH/c1-14(2)13(18)12(15-6-3-7-17)10-8-9(16(19)20)4-5-11(10)21-14;/h4-5,8,12-13,15,17-18H,3,6-7H2,1-2H3;1H/t12-,13+;/m1./s1. The third-order valence-electron chi connectivity index (χ3n) is 3.64. The monoisotopic (exact) mass is 332 g/mol. The minimum Gasteiger partial charge on any atom is -0.485 e. The summed E-state index contributed by atoms with van der Waals surface area (Å²) in [6.07, 6.45) is -0.319. The molecule has 7 nitrogen and oxygen atoms in total. The van der Waals surface area contributed by atoms with Crippen LogP contribution in [0.1, 0.15) is 31.9 Å². The van der Waals surface area contributed by atoms with Crippen LogP contribution in [-0.4, -0.2) is 40.0 Å². The number of aliphatic hydroxyl groups excluding tert-OH is 2. The van der Waals surface area contributed by atoms with E-state index in [1.165, 1.54) is 12.1 Å². The summed E-state index contributed by atoms with van der Waals surface area (Å²) in [5, 5.41) is 33.4. The Morgan fingerprint density at radius 2 is 2.14 bits per heavy atom. The van der Waals surface area contributed by atoms with E-state index in [9.17, 15) is 15.2 Å². The van der Waals surface area contributed by atoms with Crippen LogP contribution in [0, 0.1) is 10.1 Å². The first-order valence-electron chi connectivity index (χ1n) is 6.86. The minimum absolute atomic E-state index is 0. The van der Waals surface area contributed by atoms with Crippen LogP contribution in [0.3, 0.4) is 0 Å². The predicted molar refractivity (Wildman–Crippen MR) is 83.5 cm³/mol. The third kappa shape index (κ3) is 3.67. The number of halogens is 1. The van der Waals surface area contributed by atoms with Crippen LogP contribution in [0.25, 0.3) is 0 Å². The van der Waals surface area contributed by atoms with Crippen LogP contribution in [0.5, 0.6) is 5.75 Å². The van der Waals surface area contributed by atoms with E-state index in [2.05, 4.69) is 5.32 Å². The zero-order chi connectivity index (χ0) is 15.6. The number of ether oxygens (including phenoxy) is 1. The first-order chi connectivity index (χ1) is 9.86. The number of fused-ring (bicyclic) bond motifs is 1. The number of hydrogen-bond acceptors (Lipinski definition) is 6. The maximum absolute atomic E-state index is 10.9. The quantitative estimate of drug-likeness (QED) is 0.429. The Kier molecular flexibility index (Phi) is 6.13. The van der Waals surface area contributed by atoms with Crippen LogP contribution in [-0.2, 0) is 0 Å². The average Bonchev–Trinajstić information content (AvgIpc) is 2.42. The molecule has 0 spiro atoms. The second kappa shape index (κ2) is 7.23. The number of nitro groups is 1. The number of nitro benzene ring substituents is 1. The first-order valence-corrected chi connectivity index (χ1v) is 6.86. The topological polar surface area (TPSA) is 105 Å². The Bertz CT molecular complexity index is 538. The van der Waals surface area contributed by atoms with Crippen LogP contribution in [0.15, 0.2) is 18.2 Å². The maximum Gasteiger partial charge on any atom is 0.270 e. The van der Waals surface area contributed by atoms with Gasteiger partial charge in [-0.3, -0.25) is 10.1 Å². The summed E-state index contributed by atoms with van der Waals surface area (Å²) >= 11 is 0. The van der Waals surface area contributed by atoms with Crippen molar-refractivity contribution >= 4 is 18.1 Å². The lowest BCUT2D eigenvalue weighted by atomic mass is 9.86. The van der Waals surface area contributed by atoms with E-state index in [0.717, 1.165) is 0 Å². The van der Waals surface area contributed by atoms with Crippen LogP contribution in [0.2, 0.25) is 0 Å². The molecule has 0 unspecified atom stereocenters. The lowest BCUT2D eigenvalue weighted by molar-refractivity contribution is -0.385. The van der Waals surface area contributed by atoms with Crippen molar-refractivity contribution in [2.24, 2.45) is 0 Å². The van der Waals surface area contributed by atoms with Gasteiger partial charge in [0.05, 0.1) is 11.0 Å². The SMILES string of the molecule is CC1(C)Oc2ccc([N+](=O)[O-])cc2[C@@H](NCCCO)[C@@H]1O.Cl. The molecule has 22 heavy (non-hydrogen) atoms. The van der Waals surface area contributed by atoms with Crippen LogP contribution < -0.4 is 10.1 Å². The van der Waals surface area contributed by atoms with Crippen molar-refractivity contribution in [2.45, 2.75) is 38.0 Å². The van der Waals surface area contributed by atoms with E-state index in [1.54, 1.807) is 19.9 Å².